The normalized spacial score (nSPS) is 0.875. The fourth-order valence-corrected chi connectivity index (χ4v) is 0. The van der Waals surface area contributed by atoms with Crippen LogP contribution in [0.1, 0.15) is 0 Å². The quantitative estimate of drug-likeness (QED) is 0.313. The zero-order valence-electron chi connectivity index (χ0n) is 8.45. The zero-order valence-corrected chi connectivity index (χ0v) is 13.5. The first-order chi connectivity index (χ1) is 6.00. The largest absolute Gasteiger partial charge is 4.00 e. The molecule has 0 spiro atoms. The van der Waals surface area contributed by atoms with Crippen LogP contribution < -0.4 is 59.1 Å². The van der Waals surface area contributed by atoms with Crippen LogP contribution >= 0.6 is 0 Å². The summed E-state index contributed by atoms with van der Waals surface area (Å²) >= 11 is 0. The van der Waals surface area contributed by atoms with Crippen molar-refractivity contribution in [1.29, 1.82) is 26.3 Å². The molecule has 0 aromatic rings. The molecular formula is C5H2FeN6Na2O2. The van der Waals surface area contributed by atoms with E-state index >= 15 is 0 Å². The summed E-state index contributed by atoms with van der Waals surface area (Å²) in [5, 5.41) is 31.2. The van der Waals surface area contributed by atoms with E-state index in [4.69, 9.17) is 69.7 Å². The van der Waals surface area contributed by atoms with Gasteiger partial charge in [0.05, 0.1) is 0 Å². The fourth-order valence-electron chi connectivity index (χ4n) is 0. The van der Waals surface area contributed by atoms with E-state index in [1.807, 2.05) is 0 Å². The minimum atomic E-state index is 0. The van der Waals surface area contributed by atoms with Crippen molar-refractivity contribution in [2.45, 2.75) is 0 Å². The van der Waals surface area contributed by atoms with E-state index < -0.39 is 0 Å². The van der Waals surface area contributed by atoms with Crippen molar-refractivity contribution in [3.05, 3.63) is 43.4 Å². The van der Waals surface area contributed by atoms with E-state index in [-0.39, 0.29) is 81.7 Å². The maximum absolute atomic E-state index is 7.25. The summed E-state index contributed by atoms with van der Waals surface area (Å²) in [4.78, 5) is 7.25. The molecule has 0 saturated heterocycles. The van der Waals surface area contributed by atoms with Gasteiger partial charge in [0.1, 0.15) is 0 Å². The first-order valence-electron chi connectivity index (χ1n) is 1.30. The molecule has 0 rings (SSSR count). The van der Waals surface area contributed by atoms with Crippen LogP contribution in [0.25, 0.3) is 5.59 Å². The Morgan fingerprint density at radius 3 is 0.562 bits per heavy atom. The minimum absolute atomic E-state index is 0. The predicted octanol–water partition coefficient (Wildman–Crippen LogP) is -6.02. The Morgan fingerprint density at radius 1 is 0.562 bits per heavy atom. The van der Waals surface area contributed by atoms with Gasteiger partial charge in [-0.25, -0.2) is 0 Å². The molecular weight excluding hydrogens is 278 g/mol. The van der Waals surface area contributed by atoms with Gasteiger partial charge in [-0.1, -0.05) is 0 Å². The molecule has 0 atom stereocenters. The van der Waals surface area contributed by atoms with Gasteiger partial charge in [-0.15, -0.1) is 0 Å². The molecule has 0 amide bonds. The van der Waals surface area contributed by atoms with Crippen molar-refractivity contribution in [3.63, 3.8) is 0 Å². The van der Waals surface area contributed by atoms with Gasteiger partial charge in [-0.3, -0.25) is 0 Å². The predicted molar refractivity (Wildman–Crippen MR) is 35.2 cm³/mol. The molecule has 0 bridgehead atoms. The first kappa shape index (κ1) is 107. The van der Waals surface area contributed by atoms with Crippen molar-refractivity contribution in [1.82, 2.24) is 0 Å². The van der Waals surface area contributed by atoms with E-state index in [9.17, 15) is 0 Å². The Labute approximate surface area is 150 Å². The molecule has 0 fully saturated rings. The number of nitrogens with zero attached hydrogens (tertiary/aromatic N) is 6. The second kappa shape index (κ2) is 12000. The van der Waals surface area contributed by atoms with Crippen LogP contribution in [-0.4, -0.2) is 5.48 Å². The maximum atomic E-state index is 7.25. The SMILES string of the molecule is O.[C-]#N.[C-]#N.[C-]#N.[C-]#N.[C-]#N.[Fe+4].[N-]=O.[Na+].[Na+]. The number of rotatable bonds is 0. The fraction of sp³-hybridized carbons (Fsp3) is 0. The molecule has 0 aromatic heterocycles. The van der Waals surface area contributed by atoms with E-state index in [0.29, 0.717) is 0 Å². The van der Waals surface area contributed by atoms with Crippen LogP contribution in [0.15, 0.2) is 0 Å². The summed E-state index contributed by atoms with van der Waals surface area (Å²) in [5.41, 5.74) is 5.75. The second-order valence-electron chi connectivity index (χ2n) is 0. The average Bonchev–Trinajstić information content (AvgIpc) is 2.33. The summed E-state index contributed by atoms with van der Waals surface area (Å²) in [6.07, 6.45) is 0. The van der Waals surface area contributed by atoms with Crippen molar-refractivity contribution in [3.8, 4) is 0 Å². The standard InChI is InChI=1S/5CN.Fe.NO.2Na.H2O/c5*1-2;;1-2;;;/h;;;;;;;;;1H2/q5*-1;+4;-1;2*+1;. The van der Waals surface area contributed by atoms with Gasteiger partial charge >= 0.3 is 76.2 Å². The third-order valence-electron chi connectivity index (χ3n) is 0. The maximum Gasteiger partial charge on any atom is 4.00 e. The van der Waals surface area contributed by atoms with Crippen molar-refractivity contribution < 1.29 is 81.7 Å². The summed E-state index contributed by atoms with van der Waals surface area (Å²) in [5.74, 6) is 0. The van der Waals surface area contributed by atoms with Crippen molar-refractivity contribution in [2.24, 2.45) is 0 Å². The summed E-state index contributed by atoms with van der Waals surface area (Å²) < 4.78 is 0. The topological polar surface area (TPSA) is 190 Å². The average molecular weight is 280 g/mol. The molecule has 11 heteroatoms. The molecule has 0 saturated carbocycles. The van der Waals surface area contributed by atoms with Crippen LogP contribution in [0, 0.1) is 64.1 Å². The number of hydrogen-bond acceptors (Lipinski definition) is 6. The van der Waals surface area contributed by atoms with Gasteiger partial charge in [-0.05, 0) is 0 Å². The molecule has 0 aliphatic rings. The molecule has 0 radical (unpaired) electrons. The van der Waals surface area contributed by atoms with Crippen LogP contribution in [0.3, 0.4) is 0 Å². The number of nitroso groups, excluding NO2 is 1. The van der Waals surface area contributed by atoms with E-state index in [2.05, 4.69) is 0 Å². The minimum Gasteiger partial charge on any atom is -0.577 e. The molecule has 0 heterocycles. The Bertz CT molecular complexity index is 102. The molecule has 0 aliphatic heterocycles. The third-order valence-corrected chi connectivity index (χ3v) is 0. The first-order valence-corrected chi connectivity index (χ1v) is 1.30. The molecule has 74 valence electrons. The second-order valence-corrected chi connectivity index (χ2v) is 0. The van der Waals surface area contributed by atoms with E-state index in [1.54, 1.807) is 0 Å². The summed E-state index contributed by atoms with van der Waals surface area (Å²) in [7, 11) is 0. The molecule has 0 unspecified atom stereocenters. The Balaban J connectivity index is -0.00000000321. The Morgan fingerprint density at radius 2 is 0.562 bits per heavy atom. The van der Waals surface area contributed by atoms with E-state index in [1.165, 1.54) is 0 Å². The van der Waals surface area contributed by atoms with Crippen molar-refractivity contribution in [2.75, 3.05) is 0 Å². The van der Waals surface area contributed by atoms with Gasteiger partial charge in [0.2, 0.25) is 0 Å². The van der Waals surface area contributed by atoms with Gasteiger partial charge < -0.3 is 75.1 Å². The summed E-state index contributed by atoms with van der Waals surface area (Å²) in [6, 6.07) is 0. The van der Waals surface area contributed by atoms with Gasteiger partial charge in [0.25, 0.3) is 0 Å². The van der Waals surface area contributed by atoms with Gasteiger partial charge in [0.15, 0.2) is 0 Å². The van der Waals surface area contributed by atoms with Crippen LogP contribution in [0.4, 0.5) is 0 Å². The molecule has 2 N–H and O–H groups in total. The Kier molecular flexibility index (Phi) is 80500. The molecule has 8 nitrogen and oxygen atoms in total. The smallest absolute Gasteiger partial charge is 0.577 e. The molecule has 0 aliphatic carbocycles. The van der Waals surface area contributed by atoms with Gasteiger partial charge in [0, 0.05) is 0 Å². The monoisotopic (exact) mass is 280 g/mol. The number of hydrogen-bond donors (Lipinski definition) is 0. The van der Waals surface area contributed by atoms with Crippen LogP contribution in [-0.2, 0) is 17.1 Å². The van der Waals surface area contributed by atoms with E-state index in [0.717, 1.165) is 0 Å². The van der Waals surface area contributed by atoms with Crippen molar-refractivity contribution >= 4 is 0 Å². The van der Waals surface area contributed by atoms with Crippen LogP contribution in [0.5, 0.6) is 0 Å². The third kappa shape index (κ3) is 9590. The molecule has 16 heavy (non-hydrogen) atoms. The Hall–Kier alpha value is -0.471. The molecule has 0 aromatic carbocycles. The summed E-state index contributed by atoms with van der Waals surface area (Å²) in [6.45, 7) is 23.8. The zero-order chi connectivity index (χ0) is 12.0. The van der Waals surface area contributed by atoms with Crippen LogP contribution in [0.2, 0.25) is 0 Å². The van der Waals surface area contributed by atoms with Gasteiger partial charge in [-0.2, -0.15) is 0 Å².